The van der Waals surface area contributed by atoms with Crippen LogP contribution < -0.4 is 10.4 Å². The molecule has 3 heteroatoms. The lowest BCUT2D eigenvalue weighted by Gasteiger charge is -2.07. The normalized spacial score (nSPS) is 14.4. The largest absolute Gasteiger partial charge is 0.481 e. The van der Waals surface area contributed by atoms with Gasteiger partial charge >= 0.3 is 5.97 Å². The first kappa shape index (κ1) is 9.34. The Bertz CT molecular complexity index is 476. The first-order chi connectivity index (χ1) is 6.77. The third-order valence-corrected chi connectivity index (χ3v) is 3.11. The van der Waals surface area contributed by atoms with E-state index < -0.39 is 5.97 Å². The first-order valence-corrected chi connectivity index (χ1v) is 5.43. The molecule has 1 aliphatic heterocycles. The molecule has 14 heavy (non-hydrogen) atoms. The Kier molecular flexibility index (Phi) is 2.59. The van der Waals surface area contributed by atoms with Gasteiger partial charge < -0.3 is 5.11 Å². The SMILES string of the molecule is O=C(O)CC1=c2ccccc2=CSC1. The smallest absolute Gasteiger partial charge is 0.307 e. The first-order valence-electron chi connectivity index (χ1n) is 4.38. The molecule has 0 aromatic heterocycles. The van der Waals surface area contributed by atoms with E-state index in [0.717, 1.165) is 21.8 Å². The Labute approximate surface area is 85.9 Å². The molecule has 0 saturated heterocycles. The number of carboxylic acid groups (broad SMARTS) is 1. The zero-order chi connectivity index (χ0) is 9.97. The van der Waals surface area contributed by atoms with Gasteiger partial charge in [-0.15, -0.1) is 11.8 Å². The van der Waals surface area contributed by atoms with E-state index in [4.69, 9.17) is 5.11 Å². The lowest BCUT2D eigenvalue weighted by atomic mass is 10.1. The molecule has 0 aliphatic carbocycles. The van der Waals surface area contributed by atoms with Crippen LogP contribution in [-0.2, 0) is 4.79 Å². The lowest BCUT2D eigenvalue weighted by molar-refractivity contribution is -0.135. The number of carbonyl (C=O) groups is 1. The third kappa shape index (κ3) is 1.82. The summed E-state index contributed by atoms with van der Waals surface area (Å²) in [4.78, 5) is 10.6. The Morgan fingerprint density at radius 2 is 2.21 bits per heavy atom. The van der Waals surface area contributed by atoms with Gasteiger partial charge in [0.15, 0.2) is 0 Å². The Balaban J connectivity index is 2.59. The van der Waals surface area contributed by atoms with Gasteiger partial charge in [-0.2, -0.15) is 0 Å². The second-order valence-corrected chi connectivity index (χ2v) is 4.05. The van der Waals surface area contributed by atoms with Gasteiger partial charge in [0.25, 0.3) is 0 Å². The highest BCUT2D eigenvalue weighted by Crippen LogP contribution is 2.14. The van der Waals surface area contributed by atoms with Crippen molar-refractivity contribution in [2.75, 3.05) is 5.75 Å². The molecule has 1 aliphatic rings. The van der Waals surface area contributed by atoms with Gasteiger partial charge in [-0.05, 0) is 21.4 Å². The van der Waals surface area contributed by atoms with Crippen molar-refractivity contribution in [3.63, 3.8) is 0 Å². The maximum atomic E-state index is 10.6. The molecule has 0 spiro atoms. The third-order valence-electron chi connectivity index (χ3n) is 2.17. The van der Waals surface area contributed by atoms with Crippen LogP contribution in [-0.4, -0.2) is 16.8 Å². The molecule has 0 bridgehead atoms. The molecule has 0 atom stereocenters. The van der Waals surface area contributed by atoms with Crippen LogP contribution in [0.5, 0.6) is 0 Å². The Hall–Kier alpha value is -1.22. The molecule has 1 aromatic carbocycles. The quantitative estimate of drug-likeness (QED) is 0.777. The minimum absolute atomic E-state index is 0.151. The molecule has 2 rings (SSSR count). The summed E-state index contributed by atoms with van der Waals surface area (Å²) in [5.41, 5.74) is 1.01. The maximum absolute atomic E-state index is 10.6. The topological polar surface area (TPSA) is 37.3 Å². The molecule has 72 valence electrons. The molecular formula is C11H10O2S. The van der Waals surface area contributed by atoms with E-state index in [-0.39, 0.29) is 6.42 Å². The van der Waals surface area contributed by atoms with Crippen molar-refractivity contribution in [1.82, 2.24) is 0 Å². The summed E-state index contributed by atoms with van der Waals surface area (Å²) in [6.45, 7) is 0. The fraction of sp³-hybridized carbons (Fsp3) is 0.182. The minimum atomic E-state index is -0.752. The van der Waals surface area contributed by atoms with Gasteiger partial charge in [0, 0.05) is 5.75 Å². The Morgan fingerprint density at radius 3 is 3.00 bits per heavy atom. The number of benzene rings is 1. The zero-order valence-corrected chi connectivity index (χ0v) is 8.38. The number of hydrogen-bond donors (Lipinski definition) is 1. The number of hydrogen-bond acceptors (Lipinski definition) is 2. The summed E-state index contributed by atoms with van der Waals surface area (Å²) in [6.07, 6.45) is 0.151. The number of aliphatic carboxylic acids is 1. The average Bonchev–Trinajstić information content (AvgIpc) is 2.18. The highest BCUT2D eigenvalue weighted by Gasteiger charge is 2.08. The van der Waals surface area contributed by atoms with Gasteiger partial charge in [-0.1, -0.05) is 24.3 Å². The van der Waals surface area contributed by atoms with Crippen LogP contribution in [0.15, 0.2) is 24.3 Å². The van der Waals surface area contributed by atoms with Gasteiger partial charge in [0.1, 0.15) is 0 Å². The summed E-state index contributed by atoms with van der Waals surface area (Å²) in [6, 6.07) is 7.93. The van der Waals surface area contributed by atoms with Crippen molar-refractivity contribution in [1.29, 1.82) is 0 Å². The lowest BCUT2D eigenvalue weighted by Crippen LogP contribution is -2.29. The van der Waals surface area contributed by atoms with Crippen molar-refractivity contribution in [2.45, 2.75) is 6.42 Å². The van der Waals surface area contributed by atoms with Crippen molar-refractivity contribution in [2.24, 2.45) is 0 Å². The number of carboxylic acids is 1. The molecule has 1 heterocycles. The molecule has 0 fully saturated rings. The van der Waals surface area contributed by atoms with Gasteiger partial charge in [0.2, 0.25) is 0 Å². The average molecular weight is 206 g/mol. The van der Waals surface area contributed by atoms with E-state index >= 15 is 0 Å². The predicted molar refractivity (Wildman–Crippen MR) is 58.3 cm³/mol. The molecule has 0 unspecified atom stereocenters. The summed E-state index contributed by atoms with van der Waals surface area (Å²) in [7, 11) is 0. The molecular weight excluding hydrogens is 196 g/mol. The van der Waals surface area contributed by atoms with Gasteiger partial charge in [-0.25, -0.2) is 0 Å². The number of rotatable bonds is 2. The maximum Gasteiger partial charge on any atom is 0.307 e. The van der Waals surface area contributed by atoms with Crippen LogP contribution in [0.4, 0.5) is 0 Å². The van der Waals surface area contributed by atoms with E-state index in [2.05, 4.69) is 5.41 Å². The molecule has 1 aromatic rings. The van der Waals surface area contributed by atoms with Crippen LogP contribution in [0.25, 0.3) is 11.0 Å². The summed E-state index contributed by atoms with van der Waals surface area (Å²) in [5, 5.41) is 13.1. The van der Waals surface area contributed by atoms with Gasteiger partial charge in [-0.3, -0.25) is 4.79 Å². The van der Waals surface area contributed by atoms with E-state index in [1.165, 1.54) is 0 Å². The van der Waals surface area contributed by atoms with E-state index in [9.17, 15) is 4.79 Å². The molecule has 2 nitrogen and oxygen atoms in total. The summed E-state index contributed by atoms with van der Waals surface area (Å²) >= 11 is 1.66. The van der Waals surface area contributed by atoms with Crippen LogP contribution in [0, 0.1) is 0 Å². The van der Waals surface area contributed by atoms with Crippen molar-refractivity contribution < 1.29 is 9.90 Å². The zero-order valence-electron chi connectivity index (χ0n) is 7.56. The second kappa shape index (κ2) is 3.88. The summed E-state index contributed by atoms with van der Waals surface area (Å²) in [5.74, 6) is 0.0425. The van der Waals surface area contributed by atoms with E-state index in [0.29, 0.717) is 0 Å². The van der Waals surface area contributed by atoms with Crippen LogP contribution >= 0.6 is 11.8 Å². The molecule has 0 saturated carbocycles. The van der Waals surface area contributed by atoms with Crippen LogP contribution in [0.2, 0.25) is 0 Å². The Morgan fingerprint density at radius 1 is 1.43 bits per heavy atom. The molecule has 1 N–H and O–H groups in total. The predicted octanol–water partition coefficient (Wildman–Crippen LogP) is 0.797. The minimum Gasteiger partial charge on any atom is -0.481 e. The van der Waals surface area contributed by atoms with Crippen molar-refractivity contribution in [3.8, 4) is 0 Å². The number of thioether (sulfide) groups is 1. The van der Waals surface area contributed by atoms with E-state index in [1.807, 2.05) is 24.3 Å². The highest BCUT2D eigenvalue weighted by atomic mass is 32.2. The van der Waals surface area contributed by atoms with Crippen LogP contribution in [0.1, 0.15) is 6.42 Å². The van der Waals surface area contributed by atoms with Crippen molar-refractivity contribution in [3.05, 3.63) is 34.7 Å². The molecule has 0 amide bonds. The highest BCUT2D eigenvalue weighted by molar-refractivity contribution is 8.06. The standard InChI is InChI=1S/C11H10O2S/c12-11(13)5-9-7-14-6-8-3-1-2-4-10(8)9/h1-4,6H,5,7H2,(H,12,13). The van der Waals surface area contributed by atoms with Crippen molar-refractivity contribution >= 4 is 28.7 Å². The fourth-order valence-electron chi connectivity index (χ4n) is 1.56. The molecule has 0 radical (unpaired) electrons. The fourth-order valence-corrected chi connectivity index (χ4v) is 2.49. The monoisotopic (exact) mass is 206 g/mol. The van der Waals surface area contributed by atoms with Crippen LogP contribution in [0.3, 0.4) is 0 Å². The summed E-state index contributed by atoms with van der Waals surface area (Å²) < 4.78 is 0. The van der Waals surface area contributed by atoms with Gasteiger partial charge in [0.05, 0.1) is 6.42 Å². The number of fused-ring (bicyclic) bond motifs is 1. The second-order valence-electron chi connectivity index (χ2n) is 3.19. The van der Waals surface area contributed by atoms with E-state index in [1.54, 1.807) is 11.8 Å².